The molecular formula is C10H16N2O3. The van der Waals surface area contributed by atoms with Crippen LogP contribution in [0.3, 0.4) is 0 Å². The predicted octanol–water partition coefficient (Wildman–Crippen LogP) is 0.750. The van der Waals surface area contributed by atoms with E-state index in [1.54, 1.807) is 18.7 Å². The highest BCUT2D eigenvalue weighted by molar-refractivity contribution is 5.87. The minimum Gasteiger partial charge on any atom is -0.480 e. The van der Waals surface area contributed by atoms with Crippen molar-refractivity contribution in [3.8, 4) is 0 Å². The summed E-state index contributed by atoms with van der Waals surface area (Å²) in [5, 5.41) is 9.05. The average Bonchev–Trinajstić information content (AvgIpc) is 2.90. The van der Waals surface area contributed by atoms with Gasteiger partial charge in [-0.15, -0.1) is 0 Å². The van der Waals surface area contributed by atoms with Crippen molar-refractivity contribution in [3.63, 3.8) is 0 Å². The molecule has 0 aromatic heterocycles. The van der Waals surface area contributed by atoms with E-state index in [-0.39, 0.29) is 6.03 Å². The van der Waals surface area contributed by atoms with Crippen molar-refractivity contribution in [2.24, 2.45) is 0 Å². The summed E-state index contributed by atoms with van der Waals surface area (Å²) in [6, 6.07) is 0.247. The van der Waals surface area contributed by atoms with Crippen LogP contribution < -0.4 is 0 Å². The van der Waals surface area contributed by atoms with Gasteiger partial charge < -0.3 is 14.9 Å². The smallest absolute Gasteiger partial charge is 0.329 e. The summed E-state index contributed by atoms with van der Waals surface area (Å²) in [7, 11) is 0. The van der Waals surface area contributed by atoms with Crippen LogP contribution in [0.2, 0.25) is 0 Å². The van der Waals surface area contributed by atoms with E-state index in [0.717, 1.165) is 12.8 Å². The zero-order valence-corrected chi connectivity index (χ0v) is 9.06. The van der Waals surface area contributed by atoms with Gasteiger partial charge in [0, 0.05) is 19.1 Å². The van der Waals surface area contributed by atoms with E-state index in [1.807, 2.05) is 0 Å². The molecule has 2 amide bonds. The number of carbonyl (C=O) groups is 2. The molecule has 0 atom stereocenters. The Labute approximate surface area is 88.6 Å². The van der Waals surface area contributed by atoms with Crippen LogP contribution >= 0.6 is 0 Å². The first kappa shape index (κ1) is 10.3. The number of nitrogens with zero attached hydrogens (tertiary/aromatic N) is 2. The normalized spacial score (nSPS) is 22.4. The van der Waals surface area contributed by atoms with Crippen LogP contribution in [0.15, 0.2) is 0 Å². The maximum absolute atomic E-state index is 11.9. The quantitative estimate of drug-likeness (QED) is 0.751. The van der Waals surface area contributed by atoms with Crippen molar-refractivity contribution < 1.29 is 14.7 Å². The maximum Gasteiger partial charge on any atom is 0.329 e. The SMILES string of the molecule is CC(C)(C(=O)O)N1CCN(C2CC2)C1=O. The summed E-state index contributed by atoms with van der Waals surface area (Å²) in [5.41, 5.74) is -1.10. The molecule has 0 aromatic rings. The molecule has 2 fully saturated rings. The van der Waals surface area contributed by atoms with Gasteiger partial charge in [-0.25, -0.2) is 9.59 Å². The molecule has 0 unspecified atom stereocenters. The molecule has 1 saturated carbocycles. The standard InChI is InChI=1S/C10H16N2O3/c1-10(2,8(13)14)12-6-5-11(9(12)15)7-3-4-7/h7H,3-6H2,1-2H3,(H,13,14). The van der Waals surface area contributed by atoms with Crippen molar-refractivity contribution in [3.05, 3.63) is 0 Å². The Bertz CT molecular complexity index is 310. The van der Waals surface area contributed by atoms with Crippen LogP contribution in [0.25, 0.3) is 0 Å². The van der Waals surface area contributed by atoms with Crippen LogP contribution in [-0.4, -0.2) is 51.6 Å². The van der Waals surface area contributed by atoms with E-state index in [0.29, 0.717) is 19.1 Å². The van der Waals surface area contributed by atoms with E-state index in [4.69, 9.17) is 5.11 Å². The predicted molar refractivity (Wildman–Crippen MR) is 53.5 cm³/mol. The van der Waals surface area contributed by atoms with Gasteiger partial charge in [0.15, 0.2) is 0 Å². The molecule has 5 heteroatoms. The number of amides is 2. The van der Waals surface area contributed by atoms with Crippen molar-refractivity contribution in [2.75, 3.05) is 13.1 Å². The van der Waals surface area contributed by atoms with Gasteiger partial charge in [0.1, 0.15) is 5.54 Å². The van der Waals surface area contributed by atoms with Crippen molar-refractivity contribution in [2.45, 2.75) is 38.3 Å². The molecule has 0 bridgehead atoms. The van der Waals surface area contributed by atoms with Crippen molar-refractivity contribution in [1.82, 2.24) is 9.80 Å². The fourth-order valence-corrected chi connectivity index (χ4v) is 1.91. The van der Waals surface area contributed by atoms with Crippen LogP contribution in [-0.2, 0) is 4.79 Å². The third kappa shape index (κ3) is 1.56. The van der Waals surface area contributed by atoms with E-state index in [9.17, 15) is 9.59 Å². The Kier molecular flexibility index (Phi) is 2.13. The number of carboxylic acids is 1. The number of hydrogen-bond donors (Lipinski definition) is 1. The molecular weight excluding hydrogens is 196 g/mol. The van der Waals surface area contributed by atoms with Crippen LogP contribution in [0.4, 0.5) is 4.79 Å². The minimum atomic E-state index is -1.10. The summed E-state index contributed by atoms with van der Waals surface area (Å²) in [4.78, 5) is 26.2. The molecule has 1 aliphatic carbocycles. The van der Waals surface area contributed by atoms with E-state index in [1.165, 1.54) is 4.90 Å². The lowest BCUT2D eigenvalue weighted by Gasteiger charge is -2.31. The number of rotatable bonds is 3. The van der Waals surface area contributed by atoms with Crippen LogP contribution in [0.1, 0.15) is 26.7 Å². The van der Waals surface area contributed by atoms with Gasteiger partial charge >= 0.3 is 12.0 Å². The summed E-state index contributed by atoms with van der Waals surface area (Å²) in [6.07, 6.45) is 2.13. The second-order valence-electron chi connectivity index (χ2n) is 4.72. The zero-order valence-electron chi connectivity index (χ0n) is 9.06. The zero-order chi connectivity index (χ0) is 11.2. The number of aliphatic carboxylic acids is 1. The second-order valence-corrected chi connectivity index (χ2v) is 4.72. The topological polar surface area (TPSA) is 60.9 Å². The largest absolute Gasteiger partial charge is 0.480 e. The van der Waals surface area contributed by atoms with Gasteiger partial charge in [0.2, 0.25) is 0 Å². The fourth-order valence-electron chi connectivity index (χ4n) is 1.91. The van der Waals surface area contributed by atoms with Gasteiger partial charge in [0.25, 0.3) is 0 Å². The highest BCUT2D eigenvalue weighted by atomic mass is 16.4. The maximum atomic E-state index is 11.9. The first-order valence-corrected chi connectivity index (χ1v) is 5.26. The molecule has 1 heterocycles. The fraction of sp³-hybridized carbons (Fsp3) is 0.800. The Morgan fingerprint density at radius 3 is 2.47 bits per heavy atom. The Morgan fingerprint density at radius 1 is 1.40 bits per heavy atom. The molecule has 1 saturated heterocycles. The van der Waals surface area contributed by atoms with E-state index >= 15 is 0 Å². The highest BCUT2D eigenvalue weighted by Gasteiger charge is 2.46. The van der Waals surface area contributed by atoms with E-state index < -0.39 is 11.5 Å². The molecule has 2 aliphatic rings. The minimum absolute atomic E-state index is 0.120. The van der Waals surface area contributed by atoms with Gasteiger partial charge in [-0.2, -0.15) is 0 Å². The monoisotopic (exact) mass is 212 g/mol. The first-order valence-electron chi connectivity index (χ1n) is 5.26. The molecule has 0 radical (unpaired) electrons. The number of carbonyl (C=O) groups excluding carboxylic acids is 1. The molecule has 0 spiro atoms. The van der Waals surface area contributed by atoms with Crippen LogP contribution in [0, 0.1) is 0 Å². The third-order valence-corrected chi connectivity index (χ3v) is 3.23. The lowest BCUT2D eigenvalue weighted by atomic mass is 10.0. The second kappa shape index (κ2) is 3.12. The first-order chi connectivity index (χ1) is 6.94. The van der Waals surface area contributed by atoms with Gasteiger partial charge in [-0.05, 0) is 26.7 Å². The number of urea groups is 1. The summed E-state index contributed by atoms with van der Waals surface area (Å²) in [6.45, 7) is 4.34. The molecule has 84 valence electrons. The van der Waals surface area contributed by atoms with E-state index in [2.05, 4.69) is 0 Å². The third-order valence-electron chi connectivity index (χ3n) is 3.23. The Hall–Kier alpha value is -1.26. The van der Waals surface area contributed by atoms with Gasteiger partial charge in [0.05, 0.1) is 0 Å². The molecule has 1 aliphatic heterocycles. The highest BCUT2D eigenvalue weighted by Crippen LogP contribution is 2.32. The molecule has 15 heavy (non-hydrogen) atoms. The molecule has 2 rings (SSSR count). The summed E-state index contributed by atoms with van der Waals surface area (Å²) < 4.78 is 0. The lowest BCUT2D eigenvalue weighted by Crippen LogP contribution is -2.52. The molecule has 1 N–H and O–H groups in total. The van der Waals surface area contributed by atoms with Crippen LogP contribution in [0.5, 0.6) is 0 Å². The van der Waals surface area contributed by atoms with Gasteiger partial charge in [-0.1, -0.05) is 0 Å². The van der Waals surface area contributed by atoms with Crippen molar-refractivity contribution in [1.29, 1.82) is 0 Å². The summed E-state index contributed by atoms with van der Waals surface area (Å²) in [5.74, 6) is -0.950. The number of hydrogen-bond acceptors (Lipinski definition) is 2. The molecule has 0 aromatic carbocycles. The average molecular weight is 212 g/mol. The molecule has 5 nitrogen and oxygen atoms in total. The Morgan fingerprint density at radius 2 is 2.00 bits per heavy atom. The van der Waals surface area contributed by atoms with Crippen molar-refractivity contribution >= 4 is 12.0 Å². The van der Waals surface area contributed by atoms with Gasteiger partial charge in [-0.3, -0.25) is 0 Å². The Balaban J connectivity index is 2.12. The number of carboxylic acid groups (broad SMARTS) is 1. The lowest BCUT2D eigenvalue weighted by molar-refractivity contribution is -0.147. The summed E-state index contributed by atoms with van der Waals surface area (Å²) >= 11 is 0.